The molecule has 0 spiro atoms. The van der Waals surface area contributed by atoms with Crippen molar-refractivity contribution < 1.29 is 14.3 Å². The standard InChI is InChI=1S/C13H19FN2O2/c1-9(10-5-11(14)7-15-6-10)16(8-12(17)18)13(2,3)4/h5-7,9H,8H2,1-4H3,(H,17,18). The molecule has 1 unspecified atom stereocenters. The minimum absolute atomic E-state index is 0.0961. The van der Waals surface area contributed by atoms with Crippen LogP contribution in [0.5, 0.6) is 0 Å². The van der Waals surface area contributed by atoms with Crippen molar-refractivity contribution in [3.05, 3.63) is 29.8 Å². The predicted molar refractivity (Wildman–Crippen MR) is 66.7 cm³/mol. The second-order valence-corrected chi connectivity index (χ2v) is 5.30. The monoisotopic (exact) mass is 254 g/mol. The molecule has 0 aliphatic rings. The van der Waals surface area contributed by atoms with Gasteiger partial charge in [-0.2, -0.15) is 0 Å². The molecule has 1 aromatic heterocycles. The van der Waals surface area contributed by atoms with Gasteiger partial charge in [-0.3, -0.25) is 14.7 Å². The van der Waals surface area contributed by atoms with Crippen molar-refractivity contribution in [1.29, 1.82) is 0 Å². The summed E-state index contributed by atoms with van der Waals surface area (Å²) < 4.78 is 13.2. The Morgan fingerprint density at radius 3 is 2.56 bits per heavy atom. The van der Waals surface area contributed by atoms with Gasteiger partial charge in [0.1, 0.15) is 5.82 Å². The van der Waals surface area contributed by atoms with E-state index in [9.17, 15) is 9.18 Å². The molecular formula is C13H19FN2O2. The number of aromatic nitrogens is 1. The van der Waals surface area contributed by atoms with E-state index in [1.54, 1.807) is 11.1 Å². The zero-order valence-corrected chi connectivity index (χ0v) is 11.1. The quantitative estimate of drug-likeness (QED) is 0.896. The first-order chi connectivity index (χ1) is 8.21. The average molecular weight is 254 g/mol. The maximum Gasteiger partial charge on any atom is 0.317 e. The third-order valence-electron chi connectivity index (χ3n) is 2.84. The molecule has 0 saturated carbocycles. The molecule has 1 heterocycles. The van der Waals surface area contributed by atoms with Gasteiger partial charge in [-0.25, -0.2) is 4.39 Å². The lowest BCUT2D eigenvalue weighted by Crippen LogP contribution is -2.45. The van der Waals surface area contributed by atoms with Crippen LogP contribution in [-0.2, 0) is 4.79 Å². The number of carbonyl (C=O) groups is 1. The van der Waals surface area contributed by atoms with Crippen molar-refractivity contribution in [2.75, 3.05) is 6.54 Å². The second-order valence-electron chi connectivity index (χ2n) is 5.30. The molecule has 0 fully saturated rings. The molecule has 0 bridgehead atoms. The smallest absolute Gasteiger partial charge is 0.317 e. The van der Waals surface area contributed by atoms with Crippen LogP contribution in [0.2, 0.25) is 0 Å². The number of rotatable bonds is 4. The highest BCUT2D eigenvalue weighted by Crippen LogP contribution is 2.27. The fourth-order valence-corrected chi connectivity index (χ4v) is 1.94. The van der Waals surface area contributed by atoms with Crippen molar-refractivity contribution >= 4 is 5.97 Å². The number of halogens is 1. The first kappa shape index (κ1) is 14.6. The zero-order valence-electron chi connectivity index (χ0n) is 11.1. The molecule has 0 saturated heterocycles. The highest BCUT2D eigenvalue weighted by atomic mass is 19.1. The maximum atomic E-state index is 13.2. The van der Waals surface area contributed by atoms with E-state index in [-0.39, 0.29) is 18.1 Å². The highest BCUT2D eigenvalue weighted by molar-refractivity contribution is 5.69. The molecule has 1 rings (SSSR count). The molecule has 0 amide bonds. The molecule has 0 aliphatic carbocycles. The van der Waals surface area contributed by atoms with E-state index in [0.29, 0.717) is 5.56 Å². The summed E-state index contributed by atoms with van der Waals surface area (Å²) in [6.07, 6.45) is 2.70. The number of nitrogens with zero attached hydrogens (tertiary/aromatic N) is 2. The first-order valence-corrected chi connectivity index (χ1v) is 5.81. The summed E-state index contributed by atoms with van der Waals surface area (Å²) in [5.41, 5.74) is 0.343. The van der Waals surface area contributed by atoms with Gasteiger partial charge in [0.05, 0.1) is 12.7 Å². The van der Waals surface area contributed by atoms with Crippen molar-refractivity contribution in [2.24, 2.45) is 0 Å². The first-order valence-electron chi connectivity index (χ1n) is 5.81. The van der Waals surface area contributed by atoms with E-state index in [0.717, 1.165) is 6.20 Å². The molecule has 0 radical (unpaired) electrons. The number of pyridine rings is 1. The van der Waals surface area contributed by atoms with Gasteiger partial charge in [0.25, 0.3) is 0 Å². The Bertz CT molecular complexity index is 429. The van der Waals surface area contributed by atoms with Crippen LogP contribution in [0.15, 0.2) is 18.5 Å². The third kappa shape index (κ3) is 3.77. The van der Waals surface area contributed by atoms with Gasteiger partial charge < -0.3 is 5.11 Å². The zero-order chi connectivity index (χ0) is 13.9. The third-order valence-corrected chi connectivity index (χ3v) is 2.84. The normalized spacial score (nSPS) is 13.7. The number of hydrogen-bond donors (Lipinski definition) is 1. The summed E-state index contributed by atoms with van der Waals surface area (Å²) in [4.78, 5) is 16.5. The molecule has 1 aromatic rings. The van der Waals surface area contributed by atoms with Crippen LogP contribution >= 0.6 is 0 Å². The van der Waals surface area contributed by atoms with Crippen LogP contribution in [0.3, 0.4) is 0 Å². The van der Waals surface area contributed by atoms with Crippen LogP contribution < -0.4 is 0 Å². The summed E-state index contributed by atoms with van der Waals surface area (Å²) in [5.74, 6) is -1.32. The maximum absolute atomic E-state index is 13.2. The summed E-state index contributed by atoms with van der Waals surface area (Å²) in [6.45, 7) is 7.54. The van der Waals surface area contributed by atoms with Crippen LogP contribution in [0, 0.1) is 5.82 Å². The minimum atomic E-state index is -0.902. The molecule has 0 aliphatic heterocycles. The molecule has 4 nitrogen and oxygen atoms in total. The molecule has 5 heteroatoms. The van der Waals surface area contributed by atoms with Crippen LogP contribution in [0.4, 0.5) is 4.39 Å². The molecule has 18 heavy (non-hydrogen) atoms. The second kappa shape index (κ2) is 5.44. The van der Waals surface area contributed by atoms with Crippen LogP contribution in [0.1, 0.15) is 39.3 Å². The lowest BCUT2D eigenvalue weighted by molar-refractivity contribution is -0.140. The van der Waals surface area contributed by atoms with E-state index in [4.69, 9.17) is 5.11 Å². The van der Waals surface area contributed by atoms with Crippen molar-refractivity contribution in [1.82, 2.24) is 9.88 Å². The minimum Gasteiger partial charge on any atom is -0.480 e. The van der Waals surface area contributed by atoms with Gasteiger partial charge in [0.2, 0.25) is 0 Å². The molecule has 100 valence electrons. The summed E-state index contributed by atoms with van der Waals surface area (Å²) in [7, 11) is 0. The number of carboxylic acid groups (broad SMARTS) is 1. The number of hydrogen-bond acceptors (Lipinski definition) is 3. The van der Waals surface area contributed by atoms with Gasteiger partial charge >= 0.3 is 5.97 Å². The fourth-order valence-electron chi connectivity index (χ4n) is 1.94. The predicted octanol–water partition coefficient (Wildman–Crippen LogP) is 2.47. The average Bonchev–Trinajstić information content (AvgIpc) is 2.23. The van der Waals surface area contributed by atoms with E-state index in [2.05, 4.69) is 4.98 Å². The van der Waals surface area contributed by atoms with Gasteiger partial charge in [-0.05, 0) is 39.3 Å². The van der Waals surface area contributed by atoms with Gasteiger partial charge in [0.15, 0.2) is 0 Å². The summed E-state index contributed by atoms with van der Waals surface area (Å²) in [6, 6.07) is 1.17. The largest absolute Gasteiger partial charge is 0.480 e. The lowest BCUT2D eigenvalue weighted by atomic mass is 10.00. The molecule has 1 N–H and O–H groups in total. The Hall–Kier alpha value is -1.49. The SMILES string of the molecule is CC(c1cncc(F)c1)N(CC(=O)O)C(C)(C)C. The Kier molecular flexibility index (Phi) is 4.40. The van der Waals surface area contributed by atoms with Crippen molar-refractivity contribution in [2.45, 2.75) is 39.3 Å². The van der Waals surface area contributed by atoms with Gasteiger partial charge in [0, 0.05) is 17.8 Å². The van der Waals surface area contributed by atoms with E-state index in [1.165, 1.54) is 6.07 Å². The molecule has 0 aromatic carbocycles. The molecular weight excluding hydrogens is 235 g/mol. The lowest BCUT2D eigenvalue weighted by Gasteiger charge is -2.39. The van der Waals surface area contributed by atoms with Crippen molar-refractivity contribution in [3.63, 3.8) is 0 Å². The Balaban J connectivity index is 3.02. The highest BCUT2D eigenvalue weighted by Gasteiger charge is 2.29. The van der Waals surface area contributed by atoms with Crippen LogP contribution in [-0.4, -0.2) is 33.0 Å². The van der Waals surface area contributed by atoms with Gasteiger partial charge in [-0.1, -0.05) is 0 Å². The molecule has 1 atom stereocenters. The fraction of sp³-hybridized carbons (Fsp3) is 0.538. The Morgan fingerprint density at radius 2 is 2.11 bits per heavy atom. The van der Waals surface area contributed by atoms with E-state index < -0.39 is 11.8 Å². The summed E-state index contributed by atoms with van der Waals surface area (Å²) in [5, 5.41) is 8.97. The Labute approximate surface area is 106 Å². The van der Waals surface area contributed by atoms with Gasteiger partial charge in [-0.15, -0.1) is 0 Å². The van der Waals surface area contributed by atoms with E-state index >= 15 is 0 Å². The number of carboxylic acids is 1. The van der Waals surface area contributed by atoms with Crippen LogP contribution in [0.25, 0.3) is 0 Å². The van der Waals surface area contributed by atoms with E-state index in [1.807, 2.05) is 27.7 Å². The Morgan fingerprint density at radius 1 is 1.50 bits per heavy atom. The number of aliphatic carboxylic acids is 1. The summed E-state index contributed by atoms with van der Waals surface area (Å²) >= 11 is 0. The van der Waals surface area contributed by atoms with Crippen molar-refractivity contribution in [3.8, 4) is 0 Å². The topological polar surface area (TPSA) is 53.4 Å².